The Hall–Kier alpha value is -0.680. The van der Waals surface area contributed by atoms with E-state index in [1.54, 1.807) is 0 Å². The molecule has 0 saturated heterocycles. The van der Waals surface area contributed by atoms with Crippen molar-refractivity contribution in [1.82, 2.24) is 5.06 Å². The van der Waals surface area contributed by atoms with Gasteiger partial charge in [-0.05, 0) is 39.7 Å². The first-order valence-electron chi connectivity index (χ1n) is 9.14. The molecule has 6 nitrogen and oxygen atoms in total. The molecule has 0 aromatic heterocycles. The average molecular weight is 377 g/mol. The van der Waals surface area contributed by atoms with E-state index in [2.05, 4.69) is 6.58 Å². The number of hydrogen-bond donors (Lipinski definition) is 0. The highest BCUT2D eigenvalue weighted by molar-refractivity contribution is 7.33. The quantitative estimate of drug-likeness (QED) is 0.176. The molecule has 0 radical (unpaired) electrons. The zero-order chi connectivity index (χ0) is 19.1. The predicted molar refractivity (Wildman–Crippen MR) is 102 cm³/mol. The van der Waals surface area contributed by atoms with E-state index in [1.807, 2.05) is 20.8 Å². The van der Waals surface area contributed by atoms with Crippen LogP contribution in [0.15, 0.2) is 12.7 Å². The van der Waals surface area contributed by atoms with E-state index in [9.17, 15) is 9.36 Å². The molecule has 0 aliphatic carbocycles. The highest BCUT2D eigenvalue weighted by atomic mass is 31.1. The Morgan fingerprint density at radius 2 is 1.56 bits per heavy atom. The minimum Gasteiger partial charge on any atom is -0.311 e. The van der Waals surface area contributed by atoms with Crippen molar-refractivity contribution in [2.24, 2.45) is 0 Å². The lowest BCUT2D eigenvalue weighted by molar-refractivity contribution is -0.170. The lowest BCUT2D eigenvalue weighted by Crippen LogP contribution is -2.29. The van der Waals surface area contributed by atoms with Crippen LogP contribution in [0.2, 0.25) is 0 Å². The third-order valence-corrected chi connectivity index (χ3v) is 4.72. The van der Waals surface area contributed by atoms with Crippen LogP contribution in [0, 0.1) is 0 Å². The number of rotatable bonds is 15. The summed E-state index contributed by atoms with van der Waals surface area (Å²) in [6.45, 7) is 10.1. The molecular weight excluding hydrogens is 341 g/mol. The van der Waals surface area contributed by atoms with Gasteiger partial charge in [-0.2, -0.15) is 0 Å². The Morgan fingerprint density at radius 1 is 1.04 bits per heavy atom. The maximum atomic E-state index is 11.5. The number of hydrogen-bond acceptors (Lipinski definition) is 5. The number of hydroxylamine groups is 2. The molecule has 0 rings (SSSR count). The molecule has 0 aliphatic heterocycles. The highest BCUT2D eigenvalue weighted by Gasteiger charge is 2.14. The SMILES string of the molecule is C=CC(=O)N(CCCCCCCCCCO[PH](=O)OC(C)(C)C)OC. The first-order valence-corrected chi connectivity index (χ1v) is 10.4. The maximum Gasteiger partial charge on any atom is 0.319 e. The van der Waals surface area contributed by atoms with E-state index in [4.69, 9.17) is 13.9 Å². The molecule has 0 spiro atoms. The van der Waals surface area contributed by atoms with Gasteiger partial charge in [0.15, 0.2) is 0 Å². The van der Waals surface area contributed by atoms with Gasteiger partial charge in [0.1, 0.15) is 0 Å². The van der Waals surface area contributed by atoms with Crippen LogP contribution < -0.4 is 0 Å². The fourth-order valence-corrected chi connectivity index (χ4v) is 3.12. The number of unbranched alkanes of at least 4 members (excludes halogenated alkanes) is 7. The maximum absolute atomic E-state index is 11.5. The van der Waals surface area contributed by atoms with Gasteiger partial charge >= 0.3 is 8.25 Å². The Morgan fingerprint density at radius 3 is 2.04 bits per heavy atom. The fraction of sp³-hybridized carbons (Fsp3) is 0.833. The number of nitrogens with zero attached hydrogens (tertiary/aromatic N) is 1. The van der Waals surface area contributed by atoms with Gasteiger partial charge in [0.25, 0.3) is 5.91 Å². The Bertz CT molecular complexity index is 395. The summed E-state index contributed by atoms with van der Waals surface area (Å²) in [7, 11) is -0.868. The molecule has 25 heavy (non-hydrogen) atoms. The molecule has 0 heterocycles. The van der Waals surface area contributed by atoms with Crippen molar-refractivity contribution in [1.29, 1.82) is 0 Å². The van der Waals surface area contributed by atoms with Gasteiger partial charge in [-0.3, -0.25) is 14.2 Å². The molecule has 7 heteroatoms. The van der Waals surface area contributed by atoms with Gasteiger partial charge in [-0.15, -0.1) is 0 Å². The van der Waals surface area contributed by atoms with E-state index < -0.39 is 13.9 Å². The average Bonchev–Trinajstić information content (AvgIpc) is 2.53. The van der Waals surface area contributed by atoms with Gasteiger partial charge < -0.3 is 9.05 Å². The molecule has 0 bridgehead atoms. The monoisotopic (exact) mass is 377 g/mol. The van der Waals surface area contributed by atoms with Crippen LogP contribution in [0.1, 0.15) is 72.1 Å². The van der Waals surface area contributed by atoms with Crippen molar-refractivity contribution >= 4 is 14.2 Å². The summed E-state index contributed by atoms with van der Waals surface area (Å²) in [5, 5.41) is 1.34. The van der Waals surface area contributed by atoms with Crippen LogP contribution in [0.4, 0.5) is 0 Å². The standard InChI is InChI=1S/C18H36NO5P/c1-6-17(20)19(22-5)15-13-11-9-7-8-10-12-14-16-23-25(21)24-18(2,3)4/h6,25H,1,7-16H2,2-5H3. The molecule has 148 valence electrons. The second-order valence-corrected chi connectivity index (χ2v) is 7.96. The van der Waals surface area contributed by atoms with Crippen LogP contribution in [0.25, 0.3) is 0 Å². The summed E-state index contributed by atoms with van der Waals surface area (Å²) in [6, 6.07) is 0. The van der Waals surface area contributed by atoms with Crippen molar-refractivity contribution in [2.75, 3.05) is 20.3 Å². The summed E-state index contributed by atoms with van der Waals surface area (Å²) < 4.78 is 22.0. The molecule has 0 N–H and O–H groups in total. The molecule has 1 unspecified atom stereocenters. The molecule has 0 fully saturated rings. The van der Waals surface area contributed by atoms with Crippen molar-refractivity contribution in [2.45, 2.75) is 77.7 Å². The van der Waals surface area contributed by atoms with E-state index in [0.29, 0.717) is 13.2 Å². The van der Waals surface area contributed by atoms with Gasteiger partial charge in [-0.25, -0.2) is 5.06 Å². The third-order valence-electron chi connectivity index (χ3n) is 3.51. The van der Waals surface area contributed by atoms with Gasteiger partial charge in [0.05, 0.1) is 19.3 Å². The number of carbonyl (C=O) groups is 1. The Labute approximate surface area is 153 Å². The molecular formula is C18H36NO5P. The molecule has 1 atom stereocenters. The Kier molecular flexibility index (Phi) is 14.1. The molecule has 0 aromatic carbocycles. The summed E-state index contributed by atoms with van der Waals surface area (Å²) in [6.07, 6.45) is 9.96. The van der Waals surface area contributed by atoms with Gasteiger partial charge in [0, 0.05) is 6.54 Å². The summed E-state index contributed by atoms with van der Waals surface area (Å²) in [5.41, 5.74) is -0.421. The van der Waals surface area contributed by atoms with Crippen LogP contribution in [-0.2, 0) is 23.2 Å². The van der Waals surface area contributed by atoms with Crippen LogP contribution in [-0.4, -0.2) is 36.8 Å². The molecule has 0 aromatic rings. The fourth-order valence-electron chi connectivity index (χ4n) is 2.25. The van der Waals surface area contributed by atoms with Crippen molar-refractivity contribution < 1.29 is 23.2 Å². The normalized spacial score (nSPS) is 12.8. The Balaban J connectivity index is 3.41. The third kappa shape index (κ3) is 15.3. The minimum atomic E-state index is -2.37. The van der Waals surface area contributed by atoms with E-state index >= 15 is 0 Å². The molecule has 0 saturated carbocycles. The first-order chi connectivity index (χ1) is 11.8. The van der Waals surface area contributed by atoms with E-state index in [0.717, 1.165) is 38.5 Å². The second kappa shape index (κ2) is 14.5. The summed E-state index contributed by atoms with van der Waals surface area (Å²) >= 11 is 0. The molecule has 0 aliphatic rings. The van der Waals surface area contributed by atoms with E-state index in [1.165, 1.54) is 31.1 Å². The lowest BCUT2D eigenvalue weighted by Gasteiger charge is -2.18. The number of carbonyl (C=O) groups excluding carboxylic acids is 1. The highest BCUT2D eigenvalue weighted by Crippen LogP contribution is 2.31. The predicted octanol–water partition coefficient (Wildman–Crippen LogP) is 4.90. The zero-order valence-corrected chi connectivity index (χ0v) is 17.3. The topological polar surface area (TPSA) is 65.1 Å². The molecule has 1 amide bonds. The van der Waals surface area contributed by atoms with Crippen LogP contribution in [0.5, 0.6) is 0 Å². The van der Waals surface area contributed by atoms with Gasteiger partial charge in [0.2, 0.25) is 0 Å². The lowest BCUT2D eigenvalue weighted by atomic mass is 10.1. The van der Waals surface area contributed by atoms with Crippen LogP contribution >= 0.6 is 8.25 Å². The van der Waals surface area contributed by atoms with Gasteiger partial charge in [-0.1, -0.05) is 45.1 Å². The first kappa shape index (κ1) is 24.3. The summed E-state index contributed by atoms with van der Waals surface area (Å²) in [4.78, 5) is 16.4. The van der Waals surface area contributed by atoms with Crippen LogP contribution in [0.3, 0.4) is 0 Å². The largest absolute Gasteiger partial charge is 0.319 e. The zero-order valence-electron chi connectivity index (χ0n) is 16.3. The number of amides is 1. The van der Waals surface area contributed by atoms with Crippen molar-refractivity contribution in [3.05, 3.63) is 12.7 Å². The second-order valence-electron chi connectivity index (χ2n) is 6.97. The smallest absolute Gasteiger partial charge is 0.311 e. The summed E-state index contributed by atoms with van der Waals surface area (Å²) in [5.74, 6) is -0.194. The minimum absolute atomic E-state index is 0.194. The van der Waals surface area contributed by atoms with E-state index in [-0.39, 0.29) is 5.91 Å². The van der Waals surface area contributed by atoms with Crippen molar-refractivity contribution in [3.63, 3.8) is 0 Å². The van der Waals surface area contributed by atoms with Crippen molar-refractivity contribution in [3.8, 4) is 0 Å².